The highest BCUT2D eigenvalue weighted by atomic mass is 16.2. The summed E-state index contributed by atoms with van der Waals surface area (Å²) in [4.78, 5) is 14.2. The Morgan fingerprint density at radius 3 is 2.63 bits per heavy atom. The van der Waals surface area contributed by atoms with Gasteiger partial charge in [0.15, 0.2) is 0 Å². The Bertz CT molecular complexity index is 393. The van der Waals surface area contributed by atoms with Crippen molar-refractivity contribution in [3.05, 3.63) is 0 Å². The van der Waals surface area contributed by atoms with Crippen LogP contribution in [-0.4, -0.2) is 41.5 Å². The number of nitriles is 1. The number of carbonyl (C=O) groups excluding carboxylic acids is 1. The van der Waals surface area contributed by atoms with Crippen LogP contribution in [0.2, 0.25) is 0 Å². The molecule has 0 aromatic heterocycles. The number of carbonyl (C=O) groups is 1. The molecule has 19 heavy (non-hydrogen) atoms. The number of nitrogens with zero attached hydrogens (tertiary/aromatic N) is 2. The lowest BCUT2D eigenvalue weighted by molar-refractivity contribution is -0.134. The van der Waals surface area contributed by atoms with Crippen LogP contribution in [0.25, 0.3) is 0 Å². The van der Waals surface area contributed by atoms with Gasteiger partial charge >= 0.3 is 0 Å². The van der Waals surface area contributed by atoms with Gasteiger partial charge in [-0.15, -0.1) is 0 Å². The van der Waals surface area contributed by atoms with Crippen LogP contribution in [0.1, 0.15) is 38.5 Å². The van der Waals surface area contributed by atoms with Crippen molar-refractivity contribution in [1.29, 1.82) is 5.26 Å². The van der Waals surface area contributed by atoms with E-state index in [9.17, 15) is 4.79 Å². The van der Waals surface area contributed by atoms with Gasteiger partial charge in [-0.1, -0.05) is 0 Å². The summed E-state index contributed by atoms with van der Waals surface area (Å²) in [6.07, 6.45) is 6.17. The van der Waals surface area contributed by atoms with Gasteiger partial charge in [0.2, 0.25) is 5.91 Å². The summed E-state index contributed by atoms with van der Waals surface area (Å²) in [5.74, 6) is 0.279. The lowest BCUT2D eigenvalue weighted by atomic mass is 9.86. The Morgan fingerprint density at radius 1 is 1.32 bits per heavy atom. The molecule has 3 heterocycles. The molecular weight excluding hydrogens is 240 g/mol. The third-order valence-corrected chi connectivity index (χ3v) is 4.99. The van der Waals surface area contributed by atoms with Crippen molar-refractivity contribution in [3.63, 3.8) is 0 Å². The van der Waals surface area contributed by atoms with Crippen LogP contribution in [-0.2, 0) is 4.79 Å². The number of nitrogens with one attached hydrogen (secondary N) is 1. The van der Waals surface area contributed by atoms with E-state index in [1.165, 1.54) is 12.8 Å². The summed E-state index contributed by atoms with van der Waals surface area (Å²) < 4.78 is 0. The van der Waals surface area contributed by atoms with Crippen LogP contribution in [0, 0.1) is 17.2 Å². The van der Waals surface area contributed by atoms with Crippen molar-refractivity contribution < 1.29 is 4.79 Å². The van der Waals surface area contributed by atoms with Crippen molar-refractivity contribution in [2.24, 2.45) is 11.7 Å². The predicted molar refractivity (Wildman–Crippen MR) is 71.0 cm³/mol. The molecule has 0 aromatic carbocycles. The first kappa shape index (κ1) is 12.9. The van der Waals surface area contributed by atoms with E-state index in [1.807, 2.05) is 0 Å². The molecule has 4 atom stereocenters. The highest BCUT2D eigenvalue weighted by molar-refractivity contribution is 5.83. The molecule has 0 saturated carbocycles. The number of hydrogen-bond acceptors (Lipinski definition) is 4. The molecule has 5 heteroatoms. The van der Waals surface area contributed by atoms with Gasteiger partial charge in [-0.3, -0.25) is 4.79 Å². The SMILES string of the molecule is N#C[C@@H]1CCCN1C(=O)[C@@H](N)C1CC2CCC(C1)N2. The molecule has 3 aliphatic heterocycles. The van der Waals surface area contributed by atoms with Crippen LogP contribution in [0.15, 0.2) is 0 Å². The van der Waals surface area contributed by atoms with Crippen LogP contribution in [0.3, 0.4) is 0 Å². The van der Waals surface area contributed by atoms with Crippen molar-refractivity contribution >= 4 is 5.91 Å². The number of likely N-dealkylation sites (tertiary alicyclic amines) is 1. The highest BCUT2D eigenvalue weighted by Gasteiger charge is 2.40. The Labute approximate surface area is 114 Å². The number of fused-ring (bicyclic) bond motifs is 2. The molecule has 3 fully saturated rings. The second kappa shape index (κ2) is 5.10. The van der Waals surface area contributed by atoms with Crippen molar-refractivity contribution in [1.82, 2.24) is 10.2 Å². The normalized spacial score (nSPS) is 39.1. The third kappa shape index (κ3) is 2.35. The fraction of sp³-hybridized carbons (Fsp3) is 0.857. The van der Waals surface area contributed by atoms with Crippen LogP contribution in [0.4, 0.5) is 0 Å². The van der Waals surface area contributed by atoms with Gasteiger partial charge in [0, 0.05) is 18.6 Å². The van der Waals surface area contributed by atoms with Crippen LogP contribution in [0.5, 0.6) is 0 Å². The first-order chi connectivity index (χ1) is 9.19. The minimum atomic E-state index is -0.417. The zero-order chi connectivity index (χ0) is 13.4. The molecule has 0 spiro atoms. The van der Waals surface area contributed by atoms with Gasteiger partial charge in [0.05, 0.1) is 12.1 Å². The summed E-state index contributed by atoms with van der Waals surface area (Å²) in [6.45, 7) is 0.697. The quantitative estimate of drug-likeness (QED) is 0.752. The average molecular weight is 262 g/mol. The summed E-state index contributed by atoms with van der Waals surface area (Å²) in [7, 11) is 0. The lowest BCUT2D eigenvalue weighted by Crippen LogP contribution is -2.53. The van der Waals surface area contributed by atoms with Crippen molar-refractivity contribution in [2.75, 3.05) is 6.54 Å². The van der Waals surface area contributed by atoms with E-state index >= 15 is 0 Å². The average Bonchev–Trinajstić information content (AvgIpc) is 3.03. The predicted octanol–water partition coefficient (Wildman–Crippen LogP) is 0.359. The maximum atomic E-state index is 12.5. The minimum absolute atomic E-state index is 0.00431. The van der Waals surface area contributed by atoms with Gasteiger partial charge in [-0.25, -0.2) is 0 Å². The van der Waals surface area contributed by atoms with Gasteiger partial charge < -0.3 is 16.0 Å². The topological polar surface area (TPSA) is 82.2 Å². The molecule has 2 unspecified atom stereocenters. The number of amides is 1. The molecule has 3 aliphatic rings. The Kier molecular flexibility index (Phi) is 3.46. The zero-order valence-electron chi connectivity index (χ0n) is 11.2. The number of nitrogens with two attached hydrogens (primary N) is 1. The van der Waals surface area contributed by atoms with Gasteiger partial charge in [0.25, 0.3) is 0 Å². The summed E-state index contributed by atoms with van der Waals surface area (Å²) >= 11 is 0. The first-order valence-corrected chi connectivity index (χ1v) is 7.40. The van der Waals surface area contributed by atoms with E-state index in [0.29, 0.717) is 18.6 Å². The molecule has 5 nitrogen and oxygen atoms in total. The van der Waals surface area contributed by atoms with Crippen molar-refractivity contribution in [2.45, 2.75) is 62.7 Å². The van der Waals surface area contributed by atoms with E-state index < -0.39 is 6.04 Å². The maximum absolute atomic E-state index is 12.5. The molecule has 0 aromatic rings. The van der Waals surface area contributed by atoms with Gasteiger partial charge in [-0.05, 0) is 44.4 Å². The maximum Gasteiger partial charge on any atom is 0.240 e. The second-order valence-electron chi connectivity index (χ2n) is 6.21. The van der Waals surface area contributed by atoms with Gasteiger partial charge in [0.1, 0.15) is 6.04 Å². The summed E-state index contributed by atoms with van der Waals surface area (Å²) in [5, 5.41) is 12.6. The Balaban J connectivity index is 1.65. The smallest absolute Gasteiger partial charge is 0.240 e. The fourth-order valence-corrected chi connectivity index (χ4v) is 3.95. The number of hydrogen-bond donors (Lipinski definition) is 2. The third-order valence-electron chi connectivity index (χ3n) is 4.99. The summed E-state index contributed by atoms with van der Waals surface area (Å²) in [6, 6.07) is 2.65. The summed E-state index contributed by atoms with van der Waals surface area (Å²) in [5.41, 5.74) is 6.21. The largest absolute Gasteiger partial charge is 0.325 e. The molecule has 3 rings (SSSR count). The number of rotatable bonds is 2. The molecule has 0 aliphatic carbocycles. The molecular formula is C14H22N4O. The fourth-order valence-electron chi connectivity index (χ4n) is 3.95. The molecule has 3 N–H and O–H groups in total. The lowest BCUT2D eigenvalue weighted by Gasteiger charge is -2.34. The van der Waals surface area contributed by atoms with E-state index in [0.717, 1.165) is 25.7 Å². The van der Waals surface area contributed by atoms with E-state index in [-0.39, 0.29) is 17.9 Å². The molecule has 104 valence electrons. The molecule has 3 saturated heterocycles. The first-order valence-electron chi connectivity index (χ1n) is 7.40. The van der Waals surface area contributed by atoms with Crippen LogP contribution < -0.4 is 11.1 Å². The molecule has 1 amide bonds. The monoisotopic (exact) mass is 262 g/mol. The highest BCUT2D eigenvalue weighted by Crippen LogP contribution is 2.33. The standard InChI is InChI=1S/C14H22N4O/c15-8-12-2-1-5-18(12)14(19)13(16)9-6-10-3-4-11(7-9)17-10/h9-13,17H,1-7,16H2/t9?,10?,11?,12-,13-/m0/s1. The van der Waals surface area contributed by atoms with Crippen LogP contribution >= 0.6 is 0 Å². The number of piperidine rings is 1. The van der Waals surface area contributed by atoms with E-state index in [4.69, 9.17) is 11.0 Å². The molecule has 2 bridgehead atoms. The van der Waals surface area contributed by atoms with Gasteiger partial charge in [-0.2, -0.15) is 5.26 Å². The Hall–Kier alpha value is -1.12. The zero-order valence-corrected chi connectivity index (χ0v) is 11.2. The van der Waals surface area contributed by atoms with Crippen molar-refractivity contribution in [3.8, 4) is 6.07 Å². The van der Waals surface area contributed by atoms with E-state index in [2.05, 4.69) is 11.4 Å². The van der Waals surface area contributed by atoms with E-state index in [1.54, 1.807) is 4.90 Å². The molecule has 0 radical (unpaired) electrons. The Morgan fingerprint density at radius 2 is 2.00 bits per heavy atom. The second-order valence-corrected chi connectivity index (χ2v) is 6.21. The minimum Gasteiger partial charge on any atom is -0.325 e.